The van der Waals surface area contributed by atoms with Crippen LogP contribution >= 0.6 is 15.9 Å². The fourth-order valence-corrected chi connectivity index (χ4v) is 2.68. The number of aromatic nitrogens is 1. The molecule has 0 aliphatic heterocycles. The summed E-state index contributed by atoms with van der Waals surface area (Å²) in [6, 6.07) is 6.38. The van der Waals surface area contributed by atoms with E-state index in [2.05, 4.69) is 74.1 Å². The number of benzene rings is 1. The Morgan fingerprint density at radius 2 is 1.95 bits per heavy atom. The highest BCUT2D eigenvalue weighted by Crippen LogP contribution is 2.35. The number of pyridine rings is 1. The molecule has 1 aromatic heterocycles. The quantitative estimate of drug-likeness (QED) is 0.838. The van der Waals surface area contributed by atoms with Crippen LogP contribution in [0.3, 0.4) is 0 Å². The van der Waals surface area contributed by atoms with E-state index in [0.29, 0.717) is 0 Å². The standard InChI is InChI=1S/C16H21BrN2/c1-6-18-12-9-13(16(3,4)5)19-15-10(2)7-8-11(17)14(12)15/h7-9H,6H2,1-5H3,(H,18,19). The van der Waals surface area contributed by atoms with Crippen LogP contribution in [0, 0.1) is 6.92 Å². The van der Waals surface area contributed by atoms with E-state index >= 15 is 0 Å². The minimum absolute atomic E-state index is 0.0487. The van der Waals surface area contributed by atoms with Gasteiger partial charge in [-0.2, -0.15) is 0 Å². The number of rotatable bonds is 2. The van der Waals surface area contributed by atoms with Crippen molar-refractivity contribution in [3.63, 3.8) is 0 Å². The molecule has 2 nitrogen and oxygen atoms in total. The average molecular weight is 321 g/mol. The molecule has 0 saturated carbocycles. The molecule has 0 radical (unpaired) electrons. The third-order valence-corrected chi connectivity index (χ3v) is 3.91. The number of hydrogen-bond acceptors (Lipinski definition) is 2. The number of fused-ring (bicyclic) bond motifs is 1. The number of aryl methyl sites for hydroxylation is 1. The van der Waals surface area contributed by atoms with Gasteiger partial charge in [-0.1, -0.05) is 42.8 Å². The predicted molar refractivity (Wildman–Crippen MR) is 87.0 cm³/mol. The van der Waals surface area contributed by atoms with Crippen LogP contribution in [0.1, 0.15) is 39.0 Å². The van der Waals surface area contributed by atoms with Crippen molar-refractivity contribution in [1.29, 1.82) is 0 Å². The molecular weight excluding hydrogens is 300 g/mol. The zero-order valence-electron chi connectivity index (χ0n) is 12.3. The lowest BCUT2D eigenvalue weighted by Gasteiger charge is -2.21. The van der Waals surface area contributed by atoms with E-state index < -0.39 is 0 Å². The topological polar surface area (TPSA) is 24.9 Å². The molecule has 3 heteroatoms. The number of anilines is 1. The first-order valence-electron chi connectivity index (χ1n) is 6.68. The first-order chi connectivity index (χ1) is 8.84. The molecule has 0 unspecified atom stereocenters. The van der Waals surface area contributed by atoms with Crippen LogP contribution in [0.15, 0.2) is 22.7 Å². The molecular formula is C16H21BrN2. The highest BCUT2D eigenvalue weighted by molar-refractivity contribution is 9.10. The van der Waals surface area contributed by atoms with Gasteiger partial charge in [-0.3, -0.25) is 4.98 Å². The molecule has 2 aromatic rings. The summed E-state index contributed by atoms with van der Waals surface area (Å²) in [5.74, 6) is 0. The maximum Gasteiger partial charge on any atom is 0.0766 e. The van der Waals surface area contributed by atoms with E-state index in [1.807, 2.05) is 0 Å². The van der Waals surface area contributed by atoms with E-state index in [0.717, 1.165) is 27.9 Å². The molecule has 0 saturated heterocycles. The summed E-state index contributed by atoms with van der Waals surface area (Å²) >= 11 is 3.65. The summed E-state index contributed by atoms with van der Waals surface area (Å²) in [5.41, 5.74) is 4.62. The van der Waals surface area contributed by atoms with Crippen LogP contribution in [0.2, 0.25) is 0 Å². The summed E-state index contributed by atoms with van der Waals surface area (Å²) in [6.45, 7) is 11.7. The molecule has 0 amide bonds. The van der Waals surface area contributed by atoms with Crippen molar-refractivity contribution < 1.29 is 0 Å². The second-order valence-electron chi connectivity index (χ2n) is 5.92. The Hall–Kier alpha value is -1.09. The fraction of sp³-hybridized carbons (Fsp3) is 0.438. The molecule has 0 bridgehead atoms. The van der Waals surface area contributed by atoms with Crippen LogP contribution < -0.4 is 5.32 Å². The third-order valence-electron chi connectivity index (χ3n) is 3.25. The van der Waals surface area contributed by atoms with Crippen molar-refractivity contribution >= 4 is 32.5 Å². The summed E-state index contributed by atoms with van der Waals surface area (Å²) in [4.78, 5) is 4.88. The highest BCUT2D eigenvalue weighted by Gasteiger charge is 2.19. The molecule has 0 atom stereocenters. The van der Waals surface area contributed by atoms with Crippen LogP contribution in [0.4, 0.5) is 5.69 Å². The van der Waals surface area contributed by atoms with Gasteiger partial charge in [0.25, 0.3) is 0 Å². The second-order valence-corrected chi connectivity index (χ2v) is 6.78. The minimum Gasteiger partial charge on any atom is -0.385 e. The lowest BCUT2D eigenvalue weighted by atomic mass is 9.90. The Kier molecular flexibility index (Phi) is 3.86. The van der Waals surface area contributed by atoms with Gasteiger partial charge in [0.15, 0.2) is 0 Å². The van der Waals surface area contributed by atoms with Crippen molar-refractivity contribution in [3.8, 4) is 0 Å². The van der Waals surface area contributed by atoms with Crippen LogP contribution in [0.25, 0.3) is 10.9 Å². The van der Waals surface area contributed by atoms with E-state index in [4.69, 9.17) is 4.98 Å². The fourth-order valence-electron chi connectivity index (χ4n) is 2.15. The smallest absolute Gasteiger partial charge is 0.0766 e. The van der Waals surface area contributed by atoms with E-state index in [-0.39, 0.29) is 5.41 Å². The Morgan fingerprint density at radius 1 is 1.26 bits per heavy atom. The SMILES string of the molecule is CCNc1cc(C(C)(C)C)nc2c(C)ccc(Br)c12. The molecule has 0 aliphatic carbocycles. The summed E-state index contributed by atoms with van der Waals surface area (Å²) in [7, 11) is 0. The van der Waals surface area contributed by atoms with E-state index in [9.17, 15) is 0 Å². The van der Waals surface area contributed by atoms with Gasteiger partial charge >= 0.3 is 0 Å². The molecule has 2 rings (SSSR count). The van der Waals surface area contributed by atoms with Crippen molar-refractivity contribution in [2.45, 2.75) is 40.0 Å². The Balaban J connectivity index is 2.83. The minimum atomic E-state index is 0.0487. The monoisotopic (exact) mass is 320 g/mol. The molecule has 1 heterocycles. The van der Waals surface area contributed by atoms with Gasteiger partial charge in [0.1, 0.15) is 0 Å². The van der Waals surface area contributed by atoms with Gasteiger partial charge in [-0.25, -0.2) is 0 Å². The van der Waals surface area contributed by atoms with Gasteiger partial charge in [0.2, 0.25) is 0 Å². The first kappa shape index (κ1) is 14.3. The van der Waals surface area contributed by atoms with Crippen molar-refractivity contribution in [2.75, 3.05) is 11.9 Å². The van der Waals surface area contributed by atoms with E-state index in [1.165, 1.54) is 10.9 Å². The number of nitrogens with zero attached hydrogens (tertiary/aromatic N) is 1. The van der Waals surface area contributed by atoms with E-state index in [1.54, 1.807) is 0 Å². The van der Waals surface area contributed by atoms with Crippen molar-refractivity contribution in [3.05, 3.63) is 33.9 Å². The normalized spacial score (nSPS) is 11.9. The van der Waals surface area contributed by atoms with Gasteiger partial charge in [0, 0.05) is 33.2 Å². The van der Waals surface area contributed by atoms with Crippen LogP contribution in [-0.4, -0.2) is 11.5 Å². The van der Waals surface area contributed by atoms with Crippen molar-refractivity contribution in [2.24, 2.45) is 0 Å². The molecule has 1 N–H and O–H groups in total. The first-order valence-corrected chi connectivity index (χ1v) is 7.48. The summed E-state index contributed by atoms with van der Waals surface area (Å²) < 4.78 is 1.09. The van der Waals surface area contributed by atoms with Crippen LogP contribution in [0.5, 0.6) is 0 Å². The van der Waals surface area contributed by atoms with Crippen LogP contribution in [-0.2, 0) is 5.41 Å². The molecule has 0 fully saturated rings. The Bertz CT molecular complexity index is 612. The summed E-state index contributed by atoms with van der Waals surface area (Å²) in [5, 5.41) is 4.64. The molecule has 19 heavy (non-hydrogen) atoms. The zero-order valence-corrected chi connectivity index (χ0v) is 13.9. The largest absolute Gasteiger partial charge is 0.385 e. The second kappa shape index (κ2) is 5.12. The Labute approximate surface area is 123 Å². The predicted octanol–water partition coefficient (Wildman–Crippen LogP) is 5.04. The molecule has 1 aromatic carbocycles. The summed E-state index contributed by atoms with van der Waals surface area (Å²) in [6.07, 6.45) is 0. The van der Waals surface area contributed by atoms with Crippen molar-refractivity contribution in [1.82, 2.24) is 4.98 Å². The van der Waals surface area contributed by atoms with Gasteiger partial charge < -0.3 is 5.32 Å². The lowest BCUT2D eigenvalue weighted by molar-refractivity contribution is 0.571. The molecule has 0 aliphatic rings. The average Bonchev–Trinajstić information content (AvgIpc) is 2.33. The maximum absolute atomic E-state index is 4.88. The number of nitrogens with one attached hydrogen (secondary N) is 1. The molecule has 0 spiro atoms. The van der Waals surface area contributed by atoms with Gasteiger partial charge in [0.05, 0.1) is 5.52 Å². The lowest BCUT2D eigenvalue weighted by Crippen LogP contribution is -2.15. The Morgan fingerprint density at radius 3 is 2.53 bits per heavy atom. The van der Waals surface area contributed by atoms with Gasteiger partial charge in [-0.05, 0) is 31.5 Å². The third kappa shape index (κ3) is 2.76. The number of halogens is 1. The van der Waals surface area contributed by atoms with Gasteiger partial charge in [-0.15, -0.1) is 0 Å². The molecule has 102 valence electrons. The highest BCUT2D eigenvalue weighted by atomic mass is 79.9. The number of hydrogen-bond donors (Lipinski definition) is 1. The zero-order chi connectivity index (χ0) is 14.2. The maximum atomic E-state index is 4.88.